The zero-order valence-electron chi connectivity index (χ0n) is 11.4. The Morgan fingerprint density at radius 1 is 0.857 bits per heavy atom. The van der Waals surface area contributed by atoms with E-state index in [-0.39, 0.29) is 6.04 Å². The number of rotatable bonds is 3. The molecule has 0 bridgehead atoms. The minimum absolute atomic E-state index is 0.169. The molecule has 21 heavy (non-hydrogen) atoms. The lowest BCUT2D eigenvalue weighted by Crippen LogP contribution is -2.14. The summed E-state index contributed by atoms with van der Waals surface area (Å²) in [4.78, 5) is 0. The van der Waals surface area contributed by atoms with E-state index in [1.165, 1.54) is 16.3 Å². The fraction of sp³-hybridized carbons (Fsp3) is 0.111. The maximum Gasteiger partial charge on any atom is 0.0640 e. The highest BCUT2D eigenvalue weighted by atomic mass is 35.5. The van der Waals surface area contributed by atoms with E-state index in [1.54, 1.807) is 6.07 Å². The van der Waals surface area contributed by atoms with Crippen LogP contribution in [-0.4, -0.2) is 0 Å². The average Bonchev–Trinajstić information content (AvgIpc) is 2.50. The van der Waals surface area contributed by atoms with Crippen LogP contribution in [0.3, 0.4) is 0 Å². The smallest absolute Gasteiger partial charge is 0.0640 e. The molecule has 0 aliphatic rings. The number of halogens is 2. The summed E-state index contributed by atoms with van der Waals surface area (Å²) in [7, 11) is 0. The maximum absolute atomic E-state index is 6.30. The highest BCUT2D eigenvalue weighted by molar-refractivity contribution is 6.42. The van der Waals surface area contributed by atoms with Crippen LogP contribution < -0.4 is 5.73 Å². The Morgan fingerprint density at radius 3 is 2.43 bits per heavy atom. The van der Waals surface area contributed by atoms with Gasteiger partial charge in [-0.2, -0.15) is 0 Å². The number of hydrogen-bond donors (Lipinski definition) is 1. The molecule has 0 aliphatic heterocycles. The van der Waals surface area contributed by atoms with Crippen molar-refractivity contribution in [2.45, 2.75) is 12.5 Å². The molecule has 0 saturated carbocycles. The van der Waals surface area contributed by atoms with Crippen LogP contribution in [-0.2, 0) is 6.42 Å². The Kier molecular flexibility index (Phi) is 4.16. The first-order chi connectivity index (χ1) is 10.1. The van der Waals surface area contributed by atoms with E-state index in [2.05, 4.69) is 30.3 Å². The topological polar surface area (TPSA) is 26.0 Å². The predicted molar refractivity (Wildman–Crippen MR) is 91.0 cm³/mol. The van der Waals surface area contributed by atoms with Gasteiger partial charge in [-0.25, -0.2) is 0 Å². The van der Waals surface area contributed by atoms with Gasteiger partial charge in [-0.3, -0.25) is 0 Å². The molecule has 3 heteroatoms. The van der Waals surface area contributed by atoms with Crippen molar-refractivity contribution in [1.82, 2.24) is 0 Å². The van der Waals surface area contributed by atoms with Crippen molar-refractivity contribution in [3.8, 4) is 0 Å². The summed E-state index contributed by atoms with van der Waals surface area (Å²) in [6.45, 7) is 0. The molecule has 0 aliphatic carbocycles. The van der Waals surface area contributed by atoms with Gasteiger partial charge < -0.3 is 5.73 Å². The standard InChI is InChI=1S/C18H15Cl2N/c19-16-7-3-6-15(18(16)20)17(21)11-12-8-9-13-4-1-2-5-14(13)10-12/h1-10,17H,11,21H2. The lowest BCUT2D eigenvalue weighted by Gasteiger charge is -2.15. The van der Waals surface area contributed by atoms with Gasteiger partial charge in [0.25, 0.3) is 0 Å². The van der Waals surface area contributed by atoms with Gasteiger partial charge >= 0.3 is 0 Å². The van der Waals surface area contributed by atoms with Gasteiger partial charge in [0.05, 0.1) is 10.0 Å². The van der Waals surface area contributed by atoms with Crippen LogP contribution in [0.25, 0.3) is 10.8 Å². The monoisotopic (exact) mass is 315 g/mol. The quantitative estimate of drug-likeness (QED) is 0.689. The van der Waals surface area contributed by atoms with E-state index in [0.717, 1.165) is 12.0 Å². The molecule has 2 N–H and O–H groups in total. The van der Waals surface area contributed by atoms with E-state index in [9.17, 15) is 0 Å². The Hall–Kier alpha value is -1.54. The Bertz CT molecular complexity index is 783. The summed E-state index contributed by atoms with van der Waals surface area (Å²) in [5, 5.41) is 3.55. The fourth-order valence-electron chi connectivity index (χ4n) is 2.54. The molecule has 0 radical (unpaired) electrons. The second-order valence-corrected chi connectivity index (χ2v) is 5.92. The zero-order valence-corrected chi connectivity index (χ0v) is 12.9. The number of nitrogens with two attached hydrogens (primary N) is 1. The number of fused-ring (bicyclic) bond motifs is 1. The van der Waals surface area contributed by atoms with Crippen molar-refractivity contribution in [1.29, 1.82) is 0 Å². The van der Waals surface area contributed by atoms with Gasteiger partial charge in [0, 0.05) is 6.04 Å². The van der Waals surface area contributed by atoms with Crippen LogP contribution in [0.4, 0.5) is 0 Å². The molecular formula is C18H15Cl2N. The number of benzene rings is 3. The van der Waals surface area contributed by atoms with Crippen LogP contribution in [0.5, 0.6) is 0 Å². The SMILES string of the molecule is NC(Cc1ccc2ccccc2c1)c1cccc(Cl)c1Cl. The second kappa shape index (κ2) is 6.07. The molecule has 0 fully saturated rings. The lowest BCUT2D eigenvalue weighted by atomic mass is 9.97. The Balaban J connectivity index is 1.89. The van der Waals surface area contributed by atoms with Gasteiger partial charge in [0.2, 0.25) is 0 Å². The van der Waals surface area contributed by atoms with E-state index in [1.807, 2.05) is 24.3 Å². The van der Waals surface area contributed by atoms with Crippen molar-refractivity contribution in [2.24, 2.45) is 5.73 Å². The predicted octanol–water partition coefficient (Wildman–Crippen LogP) is 5.39. The molecule has 106 valence electrons. The molecule has 3 rings (SSSR count). The normalized spacial score (nSPS) is 12.5. The summed E-state index contributed by atoms with van der Waals surface area (Å²) in [5.74, 6) is 0. The van der Waals surface area contributed by atoms with E-state index >= 15 is 0 Å². The first-order valence-corrected chi connectivity index (χ1v) is 7.58. The Morgan fingerprint density at radius 2 is 1.62 bits per heavy atom. The van der Waals surface area contributed by atoms with Crippen LogP contribution >= 0.6 is 23.2 Å². The third kappa shape index (κ3) is 3.06. The lowest BCUT2D eigenvalue weighted by molar-refractivity contribution is 0.723. The molecule has 0 saturated heterocycles. The molecule has 0 aromatic heterocycles. The molecule has 1 unspecified atom stereocenters. The van der Waals surface area contributed by atoms with Crippen molar-refractivity contribution >= 4 is 34.0 Å². The molecule has 0 amide bonds. The first-order valence-electron chi connectivity index (χ1n) is 6.82. The van der Waals surface area contributed by atoms with E-state index in [0.29, 0.717) is 10.0 Å². The summed E-state index contributed by atoms with van der Waals surface area (Å²) in [5.41, 5.74) is 8.38. The minimum atomic E-state index is -0.169. The molecule has 1 atom stereocenters. The van der Waals surface area contributed by atoms with Crippen LogP contribution in [0, 0.1) is 0 Å². The highest BCUT2D eigenvalue weighted by Gasteiger charge is 2.13. The van der Waals surface area contributed by atoms with Gasteiger partial charge in [-0.1, -0.05) is 77.8 Å². The first kappa shape index (κ1) is 14.4. The largest absolute Gasteiger partial charge is 0.324 e. The van der Waals surface area contributed by atoms with Crippen molar-refractivity contribution in [2.75, 3.05) is 0 Å². The van der Waals surface area contributed by atoms with Gasteiger partial charge in [0.1, 0.15) is 0 Å². The summed E-state index contributed by atoms with van der Waals surface area (Å²) >= 11 is 12.3. The zero-order chi connectivity index (χ0) is 14.8. The summed E-state index contributed by atoms with van der Waals surface area (Å²) in [6.07, 6.45) is 0.727. The molecule has 0 heterocycles. The maximum atomic E-state index is 6.30. The molecule has 0 spiro atoms. The van der Waals surface area contributed by atoms with Crippen molar-refractivity contribution in [3.63, 3.8) is 0 Å². The second-order valence-electron chi connectivity index (χ2n) is 5.14. The van der Waals surface area contributed by atoms with Gasteiger partial charge in [-0.15, -0.1) is 0 Å². The van der Waals surface area contributed by atoms with Crippen molar-refractivity contribution in [3.05, 3.63) is 81.8 Å². The molecule has 3 aromatic carbocycles. The van der Waals surface area contributed by atoms with Gasteiger partial charge in [0.15, 0.2) is 0 Å². The van der Waals surface area contributed by atoms with E-state index in [4.69, 9.17) is 28.9 Å². The number of hydrogen-bond acceptors (Lipinski definition) is 1. The third-order valence-electron chi connectivity index (χ3n) is 3.65. The summed E-state index contributed by atoms with van der Waals surface area (Å²) in [6, 6.07) is 20.1. The molecule has 3 aromatic rings. The molecule has 1 nitrogen and oxygen atoms in total. The highest BCUT2D eigenvalue weighted by Crippen LogP contribution is 2.30. The fourth-order valence-corrected chi connectivity index (χ4v) is 2.98. The average molecular weight is 316 g/mol. The van der Waals surface area contributed by atoms with Crippen LogP contribution in [0.1, 0.15) is 17.2 Å². The van der Waals surface area contributed by atoms with Crippen LogP contribution in [0.2, 0.25) is 10.0 Å². The van der Waals surface area contributed by atoms with E-state index < -0.39 is 0 Å². The minimum Gasteiger partial charge on any atom is -0.324 e. The van der Waals surface area contributed by atoms with Crippen molar-refractivity contribution < 1.29 is 0 Å². The third-order valence-corrected chi connectivity index (χ3v) is 4.48. The van der Waals surface area contributed by atoms with Crippen LogP contribution in [0.15, 0.2) is 60.7 Å². The molecular weight excluding hydrogens is 301 g/mol. The summed E-state index contributed by atoms with van der Waals surface area (Å²) < 4.78 is 0. The van der Waals surface area contributed by atoms with Gasteiger partial charge in [-0.05, 0) is 34.4 Å². The Labute approximate surface area is 134 Å².